The first-order valence-electron chi connectivity index (χ1n) is 11.3. The Labute approximate surface area is 203 Å². The summed E-state index contributed by atoms with van der Waals surface area (Å²) in [5, 5.41) is 16.6. The molecule has 1 saturated heterocycles. The summed E-state index contributed by atoms with van der Waals surface area (Å²) in [5.74, 6) is -0.308. The summed E-state index contributed by atoms with van der Waals surface area (Å²) in [6, 6.07) is 18.0. The van der Waals surface area contributed by atoms with Crippen molar-refractivity contribution in [3.63, 3.8) is 0 Å². The summed E-state index contributed by atoms with van der Waals surface area (Å²) < 4.78 is 12.9. The summed E-state index contributed by atoms with van der Waals surface area (Å²) in [7, 11) is 0. The van der Waals surface area contributed by atoms with Crippen molar-refractivity contribution in [2.75, 3.05) is 11.9 Å². The Morgan fingerprint density at radius 2 is 1.86 bits per heavy atom. The Morgan fingerprint density at radius 1 is 1.11 bits per heavy atom. The third kappa shape index (κ3) is 6.33. The number of aliphatic carboxylic acids is 1. The molecular formula is C26H28N4O5. The van der Waals surface area contributed by atoms with Crippen molar-refractivity contribution < 1.29 is 24.2 Å². The van der Waals surface area contributed by atoms with Gasteiger partial charge in [0.2, 0.25) is 12.2 Å². The average molecular weight is 477 g/mol. The molecule has 2 aromatic carbocycles. The molecule has 0 aliphatic carbocycles. The SMILES string of the molecule is CC(C)(C)c1cc(NC(=O)N=C2COC(Cc3ccccc3)O2)n(-c2cccc(CC(=O)O)c2)n1. The number of urea groups is 1. The second kappa shape index (κ2) is 10.1. The summed E-state index contributed by atoms with van der Waals surface area (Å²) in [5.41, 5.74) is 2.80. The molecule has 1 aromatic heterocycles. The van der Waals surface area contributed by atoms with Crippen molar-refractivity contribution in [1.82, 2.24) is 9.78 Å². The molecule has 1 atom stereocenters. The second-order valence-corrected chi connectivity index (χ2v) is 9.30. The summed E-state index contributed by atoms with van der Waals surface area (Å²) in [4.78, 5) is 27.9. The van der Waals surface area contributed by atoms with Crippen LogP contribution in [0.15, 0.2) is 65.7 Å². The number of anilines is 1. The molecule has 3 aromatic rings. The molecule has 182 valence electrons. The third-order valence-corrected chi connectivity index (χ3v) is 5.35. The van der Waals surface area contributed by atoms with Crippen LogP contribution in [0.5, 0.6) is 0 Å². The van der Waals surface area contributed by atoms with Crippen LogP contribution in [0.4, 0.5) is 10.6 Å². The lowest BCUT2D eigenvalue weighted by Gasteiger charge is -2.14. The quantitative estimate of drug-likeness (QED) is 0.547. The Kier molecular flexibility index (Phi) is 6.97. The normalized spacial score (nSPS) is 16.8. The van der Waals surface area contributed by atoms with Gasteiger partial charge in [0.15, 0.2) is 0 Å². The van der Waals surface area contributed by atoms with Gasteiger partial charge in [-0.1, -0.05) is 63.2 Å². The fourth-order valence-corrected chi connectivity index (χ4v) is 3.61. The van der Waals surface area contributed by atoms with Gasteiger partial charge in [-0.3, -0.25) is 10.1 Å². The number of carboxylic acids is 1. The molecule has 1 aliphatic heterocycles. The van der Waals surface area contributed by atoms with Gasteiger partial charge in [-0.05, 0) is 23.3 Å². The predicted octanol–water partition coefficient (Wildman–Crippen LogP) is 4.34. The zero-order chi connectivity index (χ0) is 25.0. The van der Waals surface area contributed by atoms with E-state index in [-0.39, 0.29) is 24.3 Å². The van der Waals surface area contributed by atoms with Crippen LogP contribution in [-0.4, -0.2) is 45.7 Å². The summed E-state index contributed by atoms with van der Waals surface area (Å²) in [6.45, 7) is 6.16. The van der Waals surface area contributed by atoms with Gasteiger partial charge >= 0.3 is 12.0 Å². The van der Waals surface area contributed by atoms with E-state index in [0.29, 0.717) is 23.5 Å². The number of carboxylic acid groups (broad SMARTS) is 1. The highest BCUT2D eigenvalue weighted by atomic mass is 16.7. The van der Waals surface area contributed by atoms with Crippen LogP contribution in [-0.2, 0) is 32.5 Å². The average Bonchev–Trinajstić information content (AvgIpc) is 3.41. The van der Waals surface area contributed by atoms with Crippen molar-refractivity contribution in [2.24, 2.45) is 4.99 Å². The number of carbonyl (C=O) groups excluding carboxylic acids is 1. The number of amides is 2. The fourth-order valence-electron chi connectivity index (χ4n) is 3.61. The van der Waals surface area contributed by atoms with E-state index in [1.165, 1.54) is 0 Å². The predicted molar refractivity (Wildman–Crippen MR) is 131 cm³/mol. The molecule has 0 saturated carbocycles. The Hall–Kier alpha value is -3.98. The molecule has 1 aliphatic rings. The molecule has 0 radical (unpaired) electrons. The second-order valence-electron chi connectivity index (χ2n) is 9.30. The molecule has 0 spiro atoms. The van der Waals surface area contributed by atoms with Gasteiger partial charge in [0.1, 0.15) is 12.4 Å². The Bertz CT molecular complexity index is 1240. The number of aliphatic imine (C=N–C) groups is 1. The van der Waals surface area contributed by atoms with E-state index in [1.807, 2.05) is 51.1 Å². The van der Waals surface area contributed by atoms with Gasteiger partial charge in [-0.25, -0.2) is 9.48 Å². The highest BCUT2D eigenvalue weighted by molar-refractivity contribution is 5.98. The first kappa shape index (κ1) is 24.2. The van der Waals surface area contributed by atoms with E-state index in [1.54, 1.807) is 35.0 Å². The van der Waals surface area contributed by atoms with Crippen molar-refractivity contribution in [3.05, 3.63) is 77.5 Å². The monoisotopic (exact) mass is 476 g/mol. The first-order valence-corrected chi connectivity index (χ1v) is 11.3. The Morgan fingerprint density at radius 3 is 2.57 bits per heavy atom. The minimum Gasteiger partial charge on any atom is -0.481 e. The highest BCUT2D eigenvalue weighted by Gasteiger charge is 2.25. The third-order valence-electron chi connectivity index (χ3n) is 5.35. The molecule has 4 rings (SSSR count). The standard InChI is InChI=1S/C26H28N4O5/c1-26(2,3)20-15-21(30(29-20)19-11-7-10-18(12-19)13-23(31)32)27-25(33)28-22-16-34-24(35-22)14-17-8-5-4-6-9-17/h4-12,15,24H,13-14,16H2,1-3H3,(H,27,33)(H,31,32). The molecule has 2 heterocycles. The number of hydrogen-bond donors (Lipinski definition) is 2. The van der Waals surface area contributed by atoms with Crippen LogP contribution in [0.25, 0.3) is 5.69 Å². The number of nitrogens with zero attached hydrogens (tertiary/aromatic N) is 3. The lowest BCUT2D eigenvalue weighted by molar-refractivity contribution is -0.136. The van der Waals surface area contributed by atoms with E-state index in [4.69, 9.17) is 14.6 Å². The van der Waals surface area contributed by atoms with Gasteiger partial charge in [-0.2, -0.15) is 10.1 Å². The minimum atomic E-state index is -0.924. The van der Waals surface area contributed by atoms with Crippen molar-refractivity contribution in [1.29, 1.82) is 0 Å². The van der Waals surface area contributed by atoms with E-state index in [0.717, 1.165) is 11.3 Å². The molecule has 9 nitrogen and oxygen atoms in total. The number of rotatable bonds is 6. The molecule has 1 unspecified atom stereocenters. The largest absolute Gasteiger partial charge is 0.481 e. The number of ether oxygens (including phenoxy) is 2. The zero-order valence-corrected chi connectivity index (χ0v) is 19.9. The number of carbonyl (C=O) groups is 2. The molecule has 2 N–H and O–H groups in total. The van der Waals surface area contributed by atoms with Gasteiger partial charge in [0.05, 0.1) is 17.8 Å². The number of aromatic nitrogens is 2. The smallest absolute Gasteiger partial charge is 0.349 e. The van der Waals surface area contributed by atoms with Crippen LogP contribution in [0.2, 0.25) is 0 Å². The maximum atomic E-state index is 12.7. The maximum absolute atomic E-state index is 12.7. The van der Waals surface area contributed by atoms with Crippen LogP contribution in [0.3, 0.4) is 0 Å². The number of benzene rings is 2. The van der Waals surface area contributed by atoms with E-state index in [2.05, 4.69) is 15.4 Å². The molecule has 9 heteroatoms. The van der Waals surface area contributed by atoms with Crippen molar-refractivity contribution in [2.45, 2.75) is 45.3 Å². The van der Waals surface area contributed by atoms with Gasteiger partial charge in [0.25, 0.3) is 0 Å². The first-order chi connectivity index (χ1) is 16.7. The molecular weight excluding hydrogens is 448 g/mol. The molecule has 1 fully saturated rings. The van der Waals surface area contributed by atoms with E-state index >= 15 is 0 Å². The highest BCUT2D eigenvalue weighted by Crippen LogP contribution is 2.27. The maximum Gasteiger partial charge on any atom is 0.349 e. The van der Waals surface area contributed by atoms with E-state index < -0.39 is 18.3 Å². The summed E-state index contributed by atoms with van der Waals surface area (Å²) >= 11 is 0. The molecule has 2 amide bonds. The molecule has 0 bridgehead atoms. The van der Waals surface area contributed by atoms with Crippen LogP contribution in [0.1, 0.15) is 37.6 Å². The Balaban J connectivity index is 1.52. The lowest BCUT2D eigenvalue weighted by atomic mass is 9.92. The van der Waals surface area contributed by atoms with Crippen molar-refractivity contribution in [3.8, 4) is 5.69 Å². The van der Waals surface area contributed by atoms with Gasteiger partial charge < -0.3 is 14.6 Å². The number of hydrogen-bond acceptors (Lipinski definition) is 5. The molecule has 35 heavy (non-hydrogen) atoms. The van der Waals surface area contributed by atoms with Crippen LogP contribution < -0.4 is 5.32 Å². The topological polar surface area (TPSA) is 115 Å². The lowest BCUT2D eigenvalue weighted by Crippen LogP contribution is -2.16. The minimum absolute atomic E-state index is 0.106. The summed E-state index contributed by atoms with van der Waals surface area (Å²) in [6.07, 6.45) is -0.0625. The zero-order valence-electron chi connectivity index (χ0n) is 19.9. The van der Waals surface area contributed by atoms with Crippen molar-refractivity contribution >= 4 is 23.7 Å². The van der Waals surface area contributed by atoms with E-state index in [9.17, 15) is 9.59 Å². The van der Waals surface area contributed by atoms with Gasteiger partial charge in [0, 0.05) is 17.9 Å². The fraction of sp³-hybridized carbons (Fsp3) is 0.308. The number of nitrogens with one attached hydrogen (secondary N) is 1. The van der Waals surface area contributed by atoms with Crippen LogP contribution >= 0.6 is 0 Å². The van der Waals surface area contributed by atoms with Crippen LogP contribution in [0, 0.1) is 0 Å². The van der Waals surface area contributed by atoms with Gasteiger partial charge in [-0.15, -0.1) is 0 Å².